The molecule has 4 rings (SSSR count). The molecule has 2 aliphatic heterocycles. The number of anilines is 1. The largest absolute Gasteiger partial charge is 0.450 e. The summed E-state index contributed by atoms with van der Waals surface area (Å²) < 4.78 is 32.8. The highest BCUT2D eigenvalue weighted by Gasteiger charge is 2.33. The second-order valence-corrected chi connectivity index (χ2v) is 8.29. The third-order valence-electron chi connectivity index (χ3n) is 4.88. The van der Waals surface area contributed by atoms with E-state index in [2.05, 4.69) is 5.32 Å². The Balaban J connectivity index is 1.66. The zero-order valence-electron chi connectivity index (χ0n) is 14.8. The molecule has 0 bridgehead atoms. The van der Waals surface area contributed by atoms with Gasteiger partial charge in [-0.2, -0.15) is 4.31 Å². The van der Waals surface area contributed by atoms with E-state index in [-0.39, 0.29) is 43.6 Å². The molecule has 1 fully saturated rings. The first-order chi connectivity index (χ1) is 12.9. The molecule has 0 unspecified atom stereocenters. The van der Waals surface area contributed by atoms with E-state index in [0.29, 0.717) is 22.0 Å². The molecule has 27 heavy (non-hydrogen) atoms. The summed E-state index contributed by atoms with van der Waals surface area (Å²) in [7, 11) is -3.76. The fourth-order valence-corrected chi connectivity index (χ4v) is 5.16. The van der Waals surface area contributed by atoms with Gasteiger partial charge in [-0.1, -0.05) is 12.1 Å². The Kier molecular flexibility index (Phi) is 4.27. The lowest BCUT2D eigenvalue weighted by atomic mass is 10.1. The van der Waals surface area contributed by atoms with Crippen molar-refractivity contribution in [2.75, 3.05) is 38.1 Å². The van der Waals surface area contributed by atoms with Gasteiger partial charge in [-0.05, 0) is 25.1 Å². The lowest BCUT2D eigenvalue weighted by molar-refractivity contribution is 0.0933. The highest BCUT2D eigenvalue weighted by Crippen LogP contribution is 2.37. The Labute approximate surface area is 156 Å². The van der Waals surface area contributed by atoms with Crippen LogP contribution in [0.4, 0.5) is 10.5 Å². The molecule has 0 saturated carbocycles. The molecule has 0 aliphatic carbocycles. The minimum absolute atomic E-state index is 0.171. The minimum Gasteiger partial charge on any atom is -0.450 e. The van der Waals surface area contributed by atoms with E-state index in [0.717, 1.165) is 0 Å². The van der Waals surface area contributed by atoms with Crippen molar-refractivity contribution in [2.24, 2.45) is 0 Å². The van der Waals surface area contributed by atoms with Crippen molar-refractivity contribution in [3.8, 4) is 0 Å². The van der Waals surface area contributed by atoms with Crippen molar-refractivity contribution >= 4 is 38.5 Å². The summed E-state index contributed by atoms with van der Waals surface area (Å²) >= 11 is 0. The smallest absolute Gasteiger partial charge is 0.409 e. The number of ether oxygens (including phenoxy) is 1. The average molecular weight is 389 g/mol. The van der Waals surface area contributed by atoms with Crippen LogP contribution < -0.4 is 5.32 Å². The number of hydrogen-bond donors (Lipinski definition) is 1. The van der Waals surface area contributed by atoms with Gasteiger partial charge in [0.1, 0.15) is 0 Å². The number of amides is 2. The Morgan fingerprint density at radius 3 is 2.59 bits per heavy atom. The quantitative estimate of drug-likeness (QED) is 0.865. The summed E-state index contributed by atoms with van der Waals surface area (Å²) in [5.41, 5.74) is 1.10. The monoisotopic (exact) mass is 389 g/mol. The van der Waals surface area contributed by atoms with Gasteiger partial charge in [0.25, 0.3) is 5.91 Å². The van der Waals surface area contributed by atoms with Gasteiger partial charge in [-0.25, -0.2) is 13.2 Å². The van der Waals surface area contributed by atoms with Gasteiger partial charge in [-0.3, -0.25) is 4.79 Å². The normalized spacial score (nSPS) is 17.2. The van der Waals surface area contributed by atoms with Gasteiger partial charge < -0.3 is 15.0 Å². The zero-order valence-corrected chi connectivity index (χ0v) is 15.6. The van der Waals surface area contributed by atoms with E-state index in [1.54, 1.807) is 31.2 Å². The minimum atomic E-state index is -3.76. The van der Waals surface area contributed by atoms with E-state index in [9.17, 15) is 18.0 Å². The van der Waals surface area contributed by atoms with Crippen LogP contribution >= 0.6 is 0 Å². The molecule has 2 aromatic rings. The number of piperazine rings is 1. The van der Waals surface area contributed by atoms with Gasteiger partial charge in [-0.15, -0.1) is 0 Å². The van der Waals surface area contributed by atoms with Crippen LogP contribution in [0.2, 0.25) is 0 Å². The van der Waals surface area contributed by atoms with Crippen molar-refractivity contribution < 1.29 is 22.7 Å². The molecular formula is C18H19N3O5S. The van der Waals surface area contributed by atoms with Crippen LogP contribution in [0.3, 0.4) is 0 Å². The summed E-state index contributed by atoms with van der Waals surface area (Å²) in [5, 5.41) is 3.91. The van der Waals surface area contributed by atoms with Gasteiger partial charge in [0.15, 0.2) is 0 Å². The lowest BCUT2D eigenvalue weighted by Gasteiger charge is -2.33. The van der Waals surface area contributed by atoms with Crippen LogP contribution in [0.25, 0.3) is 10.8 Å². The van der Waals surface area contributed by atoms with Crippen LogP contribution in [0.1, 0.15) is 17.3 Å². The standard InChI is InChI=1S/C18H19N3O5S/c1-2-26-18(23)20-8-10-21(11-9-20)27(24,25)15-7-6-14-16-12(15)4-3-5-13(16)17(22)19-14/h3-7H,2,8-11H2,1H3,(H,19,22). The maximum absolute atomic E-state index is 13.2. The predicted octanol–water partition coefficient (Wildman–Crippen LogP) is 1.87. The average Bonchev–Trinajstić information content (AvgIpc) is 3.00. The number of carbonyl (C=O) groups excluding carboxylic acids is 2. The molecule has 0 atom stereocenters. The highest BCUT2D eigenvalue weighted by atomic mass is 32.2. The number of carbonyl (C=O) groups is 2. The second kappa shape index (κ2) is 6.50. The van der Waals surface area contributed by atoms with Crippen molar-refractivity contribution in [3.63, 3.8) is 0 Å². The highest BCUT2D eigenvalue weighted by molar-refractivity contribution is 7.89. The topological polar surface area (TPSA) is 96.0 Å². The lowest BCUT2D eigenvalue weighted by Crippen LogP contribution is -2.50. The van der Waals surface area contributed by atoms with Gasteiger partial charge >= 0.3 is 6.09 Å². The summed E-state index contributed by atoms with van der Waals surface area (Å²) in [6.45, 7) is 2.96. The van der Waals surface area contributed by atoms with Crippen LogP contribution in [0.15, 0.2) is 35.2 Å². The zero-order chi connectivity index (χ0) is 19.2. The van der Waals surface area contributed by atoms with E-state index in [4.69, 9.17) is 4.74 Å². The third kappa shape index (κ3) is 2.83. The van der Waals surface area contributed by atoms with Crippen molar-refractivity contribution in [1.29, 1.82) is 0 Å². The molecule has 142 valence electrons. The van der Waals surface area contributed by atoms with E-state index in [1.807, 2.05) is 0 Å². The Hall–Kier alpha value is -2.65. The van der Waals surface area contributed by atoms with E-state index in [1.165, 1.54) is 15.3 Å². The summed E-state index contributed by atoms with van der Waals surface area (Å²) in [6, 6.07) is 8.23. The molecule has 2 heterocycles. The molecule has 2 amide bonds. The number of rotatable bonds is 3. The van der Waals surface area contributed by atoms with Crippen LogP contribution in [-0.2, 0) is 14.8 Å². The fraction of sp³-hybridized carbons (Fsp3) is 0.333. The van der Waals surface area contributed by atoms with Crippen LogP contribution in [0, 0.1) is 0 Å². The summed E-state index contributed by atoms with van der Waals surface area (Å²) in [5.74, 6) is -0.229. The first-order valence-corrected chi connectivity index (χ1v) is 10.2. The Morgan fingerprint density at radius 2 is 1.89 bits per heavy atom. The molecular weight excluding hydrogens is 370 g/mol. The van der Waals surface area contributed by atoms with Crippen LogP contribution in [0.5, 0.6) is 0 Å². The van der Waals surface area contributed by atoms with Gasteiger partial charge in [0, 0.05) is 48.2 Å². The fourth-order valence-electron chi connectivity index (χ4n) is 3.55. The maximum atomic E-state index is 13.2. The predicted molar refractivity (Wildman–Crippen MR) is 99.3 cm³/mol. The first kappa shape index (κ1) is 17.7. The molecule has 9 heteroatoms. The molecule has 1 saturated heterocycles. The number of hydrogen-bond acceptors (Lipinski definition) is 5. The summed E-state index contributed by atoms with van der Waals surface area (Å²) in [6.07, 6.45) is -0.426. The maximum Gasteiger partial charge on any atom is 0.409 e. The molecule has 8 nitrogen and oxygen atoms in total. The first-order valence-electron chi connectivity index (χ1n) is 8.72. The van der Waals surface area contributed by atoms with E-state index < -0.39 is 16.1 Å². The SMILES string of the molecule is CCOC(=O)N1CCN(S(=O)(=O)c2ccc3c4c(cccc24)C(=O)N3)CC1. The molecule has 1 N–H and O–H groups in total. The summed E-state index contributed by atoms with van der Waals surface area (Å²) in [4.78, 5) is 25.5. The molecule has 0 radical (unpaired) electrons. The Bertz CT molecular complexity index is 1040. The Morgan fingerprint density at radius 1 is 1.15 bits per heavy atom. The number of nitrogens with zero attached hydrogens (tertiary/aromatic N) is 2. The second-order valence-electron chi connectivity index (χ2n) is 6.38. The number of benzene rings is 2. The number of nitrogens with one attached hydrogen (secondary N) is 1. The third-order valence-corrected chi connectivity index (χ3v) is 6.83. The molecule has 2 aromatic carbocycles. The molecule has 0 aromatic heterocycles. The molecule has 0 spiro atoms. The van der Waals surface area contributed by atoms with E-state index >= 15 is 0 Å². The van der Waals surface area contributed by atoms with Gasteiger partial charge in [0.05, 0.1) is 11.5 Å². The molecule has 2 aliphatic rings. The van der Waals surface area contributed by atoms with Crippen LogP contribution in [-0.4, -0.2) is 62.4 Å². The van der Waals surface area contributed by atoms with Crippen molar-refractivity contribution in [2.45, 2.75) is 11.8 Å². The van der Waals surface area contributed by atoms with Gasteiger partial charge in [0.2, 0.25) is 10.0 Å². The van der Waals surface area contributed by atoms with Crippen molar-refractivity contribution in [1.82, 2.24) is 9.21 Å². The van der Waals surface area contributed by atoms with Crippen molar-refractivity contribution in [3.05, 3.63) is 35.9 Å². The number of sulfonamides is 1.